The molecule has 0 bridgehead atoms. The molecule has 0 unspecified atom stereocenters. The summed E-state index contributed by atoms with van der Waals surface area (Å²) in [6.45, 7) is 0. The Morgan fingerprint density at radius 2 is 1.80 bits per heavy atom. The molecule has 0 radical (unpaired) electrons. The first-order valence-electron chi connectivity index (χ1n) is 5.84. The molecule has 0 fully saturated rings. The van der Waals surface area contributed by atoms with Crippen LogP contribution in [0.3, 0.4) is 0 Å². The van der Waals surface area contributed by atoms with E-state index in [1.54, 1.807) is 13.2 Å². The average molecular weight is 400 g/mol. The van der Waals surface area contributed by atoms with Crippen molar-refractivity contribution in [1.82, 2.24) is 0 Å². The molecule has 2 aromatic carbocycles. The molecule has 0 atom stereocenters. The monoisotopic (exact) mass is 400 g/mol. The Bertz CT molecular complexity index is 611. The van der Waals surface area contributed by atoms with E-state index in [9.17, 15) is 4.79 Å². The molecular weight excluding hydrogens is 387 g/mol. The zero-order valence-electron chi connectivity index (χ0n) is 11.1. The summed E-state index contributed by atoms with van der Waals surface area (Å²) in [6, 6.07) is 13.5. The van der Waals surface area contributed by atoms with Gasteiger partial charge in [-0.3, -0.25) is 0 Å². The molecule has 0 aliphatic rings. The molecule has 3 nitrogen and oxygen atoms in total. The first-order chi connectivity index (χ1) is 9.63. The number of hydrogen-bond donors (Lipinski definition) is 0. The predicted octanol–water partition coefficient (Wildman–Crippen LogP) is 4.24. The molecule has 2 rings (SSSR count). The van der Waals surface area contributed by atoms with E-state index in [1.165, 1.54) is 22.4 Å². The van der Waals surface area contributed by atoms with Gasteiger partial charge < -0.3 is 9.47 Å². The van der Waals surface area contributed by atoms with Gasteiger partial charge in [0.05, 0.1) is 19.8 Å². The lowest BCUT2D eigenvalue weighted by molar-refractivity contribution is 0.0596. The van der Waals surface area contributed by atoms with Crippen LogP contribution >= 0.6 is 34.4 Å². The van der Waals surface area contributed by atoms with Crippen LogP contribution in [0.2, 0.25) is 0 Å². The third kappa shape index (κ3) is 3.67. The molecule has 0 aliphatic heterocycles. The van der Waals surface area contributed by atoms with Gasteiger partial charge in [0.1, 0.15) is 5.75 Å². The maximum Gasteiger partial charge on any atom is 0.339 e. The van der Waals surface area contributed by atoms with Crippen LogP contribution in [0.15, 0.2) is 52.3 Å². The van der Waals surface area contributed by atoms with Gasteiger partial charge >= 0.3 is 5.97 Å². The fourth-order valence-electron chi connectivity index (χ4n) is 1.62. The van der Waals surface area contributed by atoms with Gasteiger partial charge in [0.2, 0.25) is 0 Å². The van der Waals surface area contributed by atoms with Crippen LogP contribution in [0, 0.1) is 3.57 Å². The Kier molecular flexibility index (Phi) is 5.31. The lowest BCUT2D eigenvalue weighted by Gasteiger charge is -2.09. The van der Waals surface area contributed by atoms with E-state index in [0.29, 0.717) is 11.3 Å². The second kappa shape index (κ2) is 6.99. The van der Waals surface area contributed by atoms with Gasteiger partial charge in [0.25, 0.3) is 0 Å². The number of halogens is 1. The van der Waals surface area contributed by atoms with Crippen molar-refractivity contribution >= 4 is 40.3 Å². The first-order valence-corrected chi connectivity index (χ1v) is 7.73. The molecular formula is C15H13IO3S. The van der Waals surface area contributed by atoms with Gasteiger partial charge in [-0.15, -0.1) is 0 Å². The fourth-order valence-corrected chi connectivity index (χ4v) is 2.90. The van der Waals surface area contributed by atoms with E-state index >= 15 is 0 Å². The number of ether oxygens (including phenoxy) is 2. The summed E-state index contributed by atoms with van der Waals surface area (Å²) in [4.78, 5) is 13.8. The summed E-state index contributed by atoms with van der Waals surface area (Å²) in [5, 5.41) is 0. The summed E-state index contributed by atoms with van der Waals surface area (Å²) >= 11 is 3.79. The highest BCUT2D eigenvalue weighted by atomic mass is 127. The second-order valence-corrected chi connectivity index (χ2v) is 6.27. The topological polar surface area (TPSA) is 35.5 Å². The third-order valence-corrected chi connectivity index (χ3v) is 4.44. The molecule has 0 N–H and O–H groups in total. The Morgan fingerprint density at radius 1 is 1.10 bits per heavy atom. The van der Waals surface area contributed by atoms with Crippen LogP contribution in [0.1, 0.15) is 10.4 Å². The number of esters is 1. The summed E-state index contributed by atoms with van der Waals surface area (Å²) in [5.74, 6) is 0.272. The largest absolute Gasteiger partial charge is 0.497 e. The van der Waals surface area contributed by atoms with Crippen molar-refractivity contribution in [2.24, 2.45) is 0 Å². The van der Waals surface area contributed by atoms with E-state index < -0.39 is 0 Å². The molecule has 5 heteroatoms. The number of carbonyl (C=O) groups is 1. The molecule has 0 amide bonds. The minimum Gasteiger partial charge on any atom is -0.497 e. The number of rotatable bonds is 4. The van der Waals surface area contributed by atoms with Crippen LogP contribution in [0.5, 0.6) is 5.75 Å². The molecule has 0 aromatic heterocycles. The standard InChI is InChI=1S/C15H13IO3S/c1-18-11-5-8-14(13(9-11)15(17)19-2)20-12-6-3-10(16)4-7-12/h3-9H,1-2H3. The van der Waals surface area contributed by atoms with Crippen molar-refractivity contribution in [3.8, 4) is 5.75 Å². The minimum atomic E-state index is -0.364. The SMILES string of the molecule is COC(=O)c1cc(OC)ccc1Sc1ccc(I)cc1. The lowest BCUT2D eigenvalue weighted by atomic mass is 10.2. The molecule has 0 saturated heterocycles. The zero-order valence-corrected chi connectivity index (χ0v) is 14.0. The molecule has 20 heavy (non-hydrogen) atoms. The number of methoxy groups -OCH3 is 2. The van der Waals surface area contributed by atoms with Crippen molar-refractivity contribution in [2.45, 2.75) is 9.79 Å². The number of carbonyl (C=O) groups excluding carboxylic acids is 1. The second-order valence-electron chi connectivity index (χ2n) is 3.91. The van der Waals surface area contributed by atoms with Crippen molar-refractivity contribution in [3.05, 3.63) is 51.6 Å². The van der Waals surface area contributed by atoms with Gasteiger partial charge in [-0.25, -0.2) is 4.79 Å². The van der Waals surface area contributed by atoms with Crippen LogP contribution in [0.25, 0.3) is 0 Å². The zero-order chi connectivity index (χ0) is 14.5. The molecule has 0 saturated carbocycles. The van der Waals surface area contributed by atoms with Crippen molar-refractivity contribution in [2.75, 3.05) is 14.2 Å². The third-order valence-electron chi connectivity index (χ3n) is 2.63. The van der Waals surface area contributed by atoms with Gasteiger partial charge in [0, 0.05) is 13.4 Å². The Labute approximate surface area is 135 Å². The molecule has 0 spiro atoms. The van der Waals surface area contributed by atoms with Crippen LogP contribution in [-0.4, -0.2) is 20.2 Å². The van der Waals surface area contributed by atoms with E-state index in [0.717, 1.165) is 9.79 Å². The van der Waals surface area contributed by atoms with E-state index in [4.69, 9.17) is 9.47 Å². The Hall–Kier alpha value is -1.21. The van der Waals surface area contributed by atoms with Crippen LogP contribution in [0.4, 0.5) is 0 Å². The van der Waals surface area contributed by atoms with Crippen molar-refractivity contribution in [3.63, 3.8) is 0 Å². The average Bonchev–Trinajstić information content (AvgIpc) is 2.49. The van der Waals surface area contributed by atoms with Crippen LogP contribution < -0.4 is 4.74 Å². The molecule has 104 valence electrons. The molecule has 0 heterocycles. The lowest BCUT2D eigenvalue weighted by Crippen LogP contribution is -2.03. The van der Waals surface area contributed by atoms with Gasteiger partial charge in [0.15, 0.2) is 0 Å². The van der Waals surface area contributed by atoms with Gasteiger partial charge in [-0.2, -0.15) is 0 Å². The summed E-state index contributed by atoms with van der Waals surface area (Å²) in [6.07, 6.45) is 0. The summed E-state index contributed by atoms with van der Waals surface area (Å²) in [7, 11) is 2.95. The molecule has 0 aliphatic carbocycles. The highest BCUT2D eigenvalue weighted by Gasteiger charge is 2.14. The van der Waals surface area contributed by atoms with E-state index in [-0.39, 0.29) is 5.97 Å². The Balaban J connectivity index is 2.35. The highest BCUT2D eigenvalue weighted by molar-refractivity contribution is 14.1. The van der Waals surface area contributed by atoms with E-state index in [1.807, 2.05) is 36.4 Å². The van der Waals surface area contributed by atoms with Crippen LogP contribution in [-0.2, 0) is 4.74 Å². The highest BCUT2D eigenvalue weighted by Crippen LogP contribution is 2.33. The fraction of sp³-hybridized carbons (Fsp3) is 0.133. The summed E-state index contributed by atoms with van der Waals surface area (Å²) < 4.78 is 11.2. The normalized spacial score (nSPS) is 10.2. The summed E-state index contributed by atoms with van der Waals surface area (Å²) in [5.41, 5.74) is 0.510. The first kappa shape index (κ1) is 15.2. The number of hydrogen-bond acceptors (Lipinski definition) is 4. The van der Waals surface area contributed by atoms with Crippen molar-refractivity contribution < 1.29 is 14.3 Å². The number of benzene rings is 2. The quantitative estimate of drug-likeness (QED) is 0.568. The maximum absolute atomic E-state index is 11.9. The van der Waals surface area contributed by atoms with Crippen molar-refractivity contribution in [1.29, 1.82) is 0 Å². The smallest absolute Gasteiger partial charge is 0.339 e. The van der Waals surface area contributed by atoms with Gasteiger partial charge in [-0.05, 0) is 65.1 Å². The van der Waals surface area contributed by atoms with E-state index in [2.05, 4.69) is 22.6 Å². The minimum absolute atomic E-state index is 0.364. The Morgan fingerprint density at radius 3 is 2.40 bits per heavy atom. The predicted molar refractivity (Wildman–Crippen MR) is 87.6 cm³/mol. The van der Waals surface area contributed by atoms with Gasteiger partial charge in [-0.1, -0.05) is 11.8 Å². The maximum atomic E-state index is 11.9. The molecule has 2 aromatic rings.